The molecule has 50 heteroatoms. The van der Waals surface area contributed by atoms with Crippen LogP contribution in [0.25, 0.3) is 0 Å². The molecule has 0 aliphatic carbocycles. The summed E-state index contributed by atoms with van der Waals surface area (Å²) in [5.41, 5.74) is 45.3. The topological polar surface area (TPSA) is 657 Å². The van der Waals surface area contributed by atoms with Gasteiger partial charge in [-0.1, -0.05) is 51.4 Å². The number of imidazole rings is 2. The number of guanidine groups is 4. The fourth-order valence-electron chi connectivity index (χ4n) is 9.89. The molecule has 4 atom stereocenters. The van der Waals surface area contributed by atoms with E-state index in [-0.39, 0.29) is 111 Å². The maximum Gasteiger partial charge on any atom is 0.474 e. The number of hydrogen-bond acceptors (Lipinski definition) is 29. The number of ether oxygens (including phenoxy) is 1. The van der Waals surface area contributed by atoms with Crippen LogP contribution in [0.3, 0.4) is 0 Å². The Morgan fingerprint density at radius 2 is 0.713 bits per heavy atom. The maximum absolute atomic E-state index is 14.3. The molecule has 0 saturated carbocycles. The molecule has 0 spiro atoms. The lowest BCUT2D eigenvalue weighted by molar-refractivity contribution is -0.121. The number of aliphatic imine (C=N–C) groups is 4. The van der Waals surface area contributed by atoms with Crippen LogP contribution in [0.2, 0.25) is 0 Å². The van der Waals surface area contributed by atoms with E-state index in [0.717, 1.165) is 12.1 Å². The number of hydrogen-bond donors (Lipinski definition) is 14. The molecule has 4 rings (SSSR count). The van der Waals surface area contributed by atoms with E-state index in [1.54, 1.807) is 26.4 Å². The standard InChI is InChI=1S/C65H117N23O23P4/c1-49-42-50(44-85(49)2)79-60(93)57-83-53(46-87(57)4)81-55(90)22-27-74-59(92)52-43-51(45-86(52)3)80-61(94)58-84-54(47-88(58)5)82-56(91)48-99-34-35-105-113(96,101-30-19-11-7-15-24-76-63(68)69)107-38-39-109-115(98,103-32-21-13-9-17-26-78-65(72)73)111-41-40-110-114(97,102-31-20-12-8-16-25-77-64(70)71)108-37-36-106-112(95,104-33-28-89)100-29-18-10-6-14-23-75-62(66)67/h42-47,89H,6-41,48H2,1-5H3,(H,74,92)(H,79,93)(H,80,94)(H,81,90)(H,82,91)(H4,66,67,75)(H4,68,69,76)(H4,70,71,77)(H4,72,73,78). The van der Waals surface area contributed by atoms with Crippen molar-refractivity contribution in [2.45, 2.75) is 116 Å². The first kappa shape index (κ1) is 99.1. The molecule has 0 aromatic carbocycles. The minimum Gasteiger partial charge on any atom is -0.394 e. The zero-order valence-corrected chi connectivity index (χ0v) is 69.5. The van der Waals surface area contributed by atoms with Crippen LogP contribution in [0.1, 0.15) is 147 Å². The molecule has 4 aromatic heterocycles. The number of nitrogens with zero attached hydrogens (tertiary/aromatic N) is 10. The van der Waals surface area contributed by atoms with E-state index in [2.05, 4.69) is 56.5 Å². The average molecular weight is 1710 g/mol. The van der Waals surface area contributed by atoms with Gasteiger partial charge in [0.05, 0.1) is 104 Å². The third-order valence-corrected chi connectivity index (χ3v) is 21.5. The summed E-state index contributed by atoms with van der Waals surface area (Å²) in [7, 11) is -11.3. The summed E-state index contributed by atoms with van der Waals surface area (Å²) in [5.74, 6) is -2.97. The lowest BCUT2D eigenvalue weighted by Crippen LogP contribution is -2.29. The van der Waals surface area contributed by atoms with Crippen molar-refractivity contribution in [1.82, 2.24) is 33.6 Å². The lowest BCUT2D eigenvalue weighted by Gasteiger charge is -2.22. The summed E-state index contributed by atoms with van der Waals surface area (Å²) in [6.45, 7) is -2.55. The normalized spacial score (nSPS) is 13.5. The Morgan fingerprint density at radius 1 is 0.391 bits per heavy atom. The van der Waals surface area contributed by atoms with Crippen LogP contribution in [0, 0.1) is 6.92 Å². The number of carbonyl (C=O) groups excluding carboxylic acids is 5. The second-order valence-electron chi connectivity index (χ2n) is 25.3. The number of aliphatic hydroxyl groups excluding tert-OH is 1. The largest absolute Gasteiger partial charge is 0.474 e. The molecular formula is C65H117N23O23P4. The van der Waals surface area contributed by atoms with Crippen LogP contribution in [-0.4, -0.2) is 219 Å². The fraction of sp³-hybridized carbons (Fsp3) is 0.646. The number of nitrogens with one attached hydrogen (secondary N) is 5. The summed E-state index contributed by atoms with van der Waals surface area (Å²) in [5, 5.41) is 22.7. The summed E-state index contributed by atoms with van der Waals surface area (Å²) in [6, 6.07) is 3.22. The van der Waals surface area contributed by atoms with Crippen molar-refractivity contribution in [3.63, 3.8) is 0 Å². The number of anilines is 4. The van der Waals surface area contributed by atoms with E-state index in [4.69, 9.17) is 105 Å². The van der Waals surface area contributed by atoms with Gasteiger partial charge in [0.1, 0.15) is 12.3 Å². The van der Waals surface area contributed by atoms with E-state index in [1.165, 1.54) is 45.4 Å². The van der Waals surface area contributed by atoms with Gasteiger partial charge in [0.2, 0.25) is 17.6 Å². The fourth-order valence-corrected chi connectivity index (χ4v) is 14.6. The van der Waals surface area contributed by atoms with Crippen LogP contribution in [-0.2, 0) is 115 Å². The van der Waals surface area contributed by atoms with E-state index >= 15 is 0 Å². The third kappa shape index (κ3) is 43.0. The maximum atomic E-state index is 14.3. The number of unbranched alkanes of at least 4 members (excludes halogenated alkanes) is 12. The van der Waals surface area contributed by atoms with Crippen molar-refractivity contribution >= 4 is 108 Å². The molecule has 0 bridgehead atoms. The van der Waals surface area contributed by atoms with Gasteiger partial charge < -0.3 is 101 Å². The Balaban J connectivity index is 1.33. The number of aromatic nitrogens is 6. The van der Waals surface area contributed by atoms with Gasteiger partial charge in [0.15, 0.2) is 35.5 Å². The molecule has 46 nitrogen and oxygen atoms in total. The summed E-state index contributed by atoms with van der Waals surface area (Å²) in [6.07, 6.45) is 15.5. The molecule has 4 heterocycles. The highest BCUT2D eigenvalue weighted by atomic mass is 31.2. The second-order valence-corrected chi connectivity index (χ2v) is 32.0. The van der Waals surface area contributed by atoms with Crippen LogP contribution >= 0.6 is 31.3 Å². The smallest absolute Gasteiger partial charge is 0.394 e. The van der Waals surface area contributed by atoms with Crippen LogP contribution in [0.4, 0.5) is 23.0 Å². The van der Waals surface area contributed by atoms with E-state index in [0.29, 0.717) is 128 Å². The Hall–Kier alpha value is -8.23. The molecule has 22 N–H and O–H groups in total. The predicted molar refractivity (Wildman–Crippen MR) is 428 cm³/mol. The first-order valence-corrected chi connectivity index (χ1v) is 43.1. The number of aliphatic hydroxyl groups is 1. The van der Waals surface area contributed by atoms with Crippen molar-refractivity contribution in [3.05, 3.63) is 60.0 Å². The Labute approximate surface area is 668 Å². The molecule has 4 aromatic rings. The molecule has 0 aliphatic heterocycles. The lowest BCUT2D eigenvalue weighted by atomic mass is 10.2. The number of amides is 5. The van der Waals surface area contributed by atoms with E-state index in [1.807, 2.05) is 18.5 Å². The molecule has 0 saturated heterocycles. The highest BCUT2D eigenvalue weighted by molar-refractivity contribution is 7.49. The zero-order chi connectivity index (χ0) is 84.5. The van der Waals surface area contributed by atoms with Gasteiger partial charge in [-0.25, -0.2) is 28.2 Å². The number of rotatable bonds is 66. The third-order valence-electron chi connectivity index (χ3n) is 15.5. The van der Waals surface area contributed by atoms with Gasteiger partial charge in [0.25, 0.3) is 23.6 Å². The average Bonchev–Trinajstić information content (AvgIpc) is 1.69. The molecule has 5 amide bonds. The number of nitrogens with two attached hydrogens (primary N) is 8. The minimum absolute atomic E-state index is 0.0121. The second kappa shape index (κ2) is 54.6. The quantitative estimate of drug-likeness (QED) is 0.0127. The van der Waals surface area contributed by atoms with Crippen LogP contribution < -0.4 is 72.5 Å². The Bertz CT molecular complexity index is 3910. The molecule has 0 fully saturated rings. The summed E-state index contributed by atoms with van der Waals surface area (Å²) in [4.78, 5) is 89.8. The Kier molecular flexibility index (Phi) is 47.1. The number of phosphoric acid groups is 4. The zero-order valence-electron chi connectivity index (χ0n) is 65.9. The van der Waals surface area contributed by atoms with Gasteiger partial charge >= 0.3 is 31.3 Å². The van der Waals surface area contributed by atoms with Gasteiger partial charge in [-0.15, -0.1) is 0 Å². The van der Waals surface area contributed by atoms with Gasteiger partial charge in [0, 0.05) is 97.8 Å². The van der Waals surface area contributed by atoms with Crippen molar-refractivity contribution < 1.29 is 106 Å². The highest BCUT2D eigenvalue weighted by Gasteiger charge is 2.34. The first-order chi connectivity index (χ1) is 54.8. The van der Waals surface area contributed by atoms with Crippen LogP contribution in [0.15, 0.2) is 56.9 Å². The summed E-state index contributed by atoms with van der Waals surface area (Å²) < 4.78 is 134. The predicted octanol–water partition coefficient (Wildman–Crippen LogP) is 4.32. The van der Waals surface area contributed by atoms with Crippen molar-refractivity contribution in [1.29, 1.82) is 0 Å². The van der Waals surface area contributed by atoms with Gasteiger partial charge in [-0.3, -0.25) is 98.2 Å². The highest BCUT2D eigenvalue weighted by Crippen LogP contribution is 2.54. The monoisotopic (exact) mass is 1710 g/mol. The van der Waals surface area contributed by atoms with Gasteiger partial charge in [-0.05, 0) is 70.4 Å². The SMILES string of the molecule is Cc1cc(NC(=O)c2nc(NC(=O)CCNC(=O)c3cc(NC(=O)c4nc(NC(=O)COCCOP(=O)(OCCCCCCN=C(N)N)OCCOP(=O)(OCCCCCCN=C(N)N)OCCOP(=O)(OCCCCCCN=C(N)N)OCCOP(=O)(OCCO)OCCCCCCN=C(N)N)cn4C)cn3C)cn2C)cn1C. The molecular weight excluding hydrogens is 1590 g/mol. The van der Waals surface area contributed by atoms with Crippen LogP contribution in [0.5, 0.6) is 0 Å². The minimum atomic E-state index is -4.57. The molecule has 0 aliphatic rings. The van der Waals surface area contributed by atoms with Crippen molar-refractivity contribution in [2.24, 2.45) is 94.0 Å². The van der Waals surface area contributed by atoms with E-state index in [9.17, 15) is 47.3 Å². The molecule has 0 radical (unpaired) electrons. The number of aryl methyl sites for hydroxylation is 5. The molecule has 4 unspecified atom stereocenters. The Morgan fingerprint density at radius 3 is 1.06 bits per heavy atom. The number of phosphoric ester groups is 4. The van der Waals surface area contributed by atoms with Crippen molar-refractivity contribution in [2.75, 3.05) is 153 Å². The van der Waals surface area contributed by atoms with Crippen molar-refractivity contribution in [3.8, 4) is 0 Å². The first-order valence-electron chi connectivity index (χ1n) is 37.2. The van der Waals surface area contributed by atoms with Gasteiger partial charge in [-0.2, -0.15) is 0 Å². The number of carbonyl (C=O) groups is 5. The molecule has 115 heavy (non-hydrogen) atoms. The summed E-state index contributed by atoms with van der Waals surface area (Å²) >= 11 is 0. The van der Waals surface area contributed by atoms with E-state index < -0.39 is 120 Å². The molecule has 650 valence electrons.